The molecule has 0 atom stereocenters. The van der Waals surface area contributed by atoms with Gasteiger partial charge in [0.2, 0.25) is 0 Å². The molecular formula is C24H23FN2O. The van der Waals surface area contributed by atoms with Crippen LogP contribution in [0.25, 0.3) is 16.7 Å². The standard InChI is InChI=1S/C24H23FN2O/c1-27-13-22(20-9-10-26-23(20)14-27)21-12-18(17-3-2-4-19(25)11-17)7-8-24(21)28-15-16-5-6-16/h2-4,7-9,11-14,16,26H,5-6,10,15H2,1H3. The van der Waals surface area contributed by atoms with Crippen molar-refractivity contribution in [1.82, 2.24) is 10.2 Å². The van der Waals surface area contributed by atoms with E-state index in [-0.39, 0.29) is 5.82 Å². The van der Waals surface area contributed by atoms with Gasteiger partial charge in [-0.05, 0) is 54.2 Å². The molecule has 0 spiro atoms. The predicted molar refractivity (Wildman–Crippen MR) is 110 cm³/mol. The molecule has 0 amide bonds. The van der Waals surface area contributed by atoms with Gasteiger partial charge in [0.05, 0.1) is 12.3 Å². The Morgan fingerprint density at radius 3 is 2.75 bits per heavy atom. The highest BCUT2D eigenvalue weighted by molar-refractivity contribution is 5.89. The number of benzene rings is 2. The van der Waals surface area contributed by atoms with Crippen LogP contribution < -0.4 is 10.1 Å². The van der Waals surface area contributed by atoms with Gasteiger partial charge in [0, 0.05) is 42.7 Å². The van der Waals surface area contributed by atoms with Crippen LogP contribution in [0.15, 0.2) is 72.2 Å². The Hall–Kier alpha value is -3.01. The minimum Gasteiger partial charge on any atom is -0.493 e. The Kier molecular flexibility index (Phi) is 4.19. The molecule has 0 saturated heterocycles. The summed E-state index contributed by atoms with van der Waals surface area (Å²) >= 11 is 0. The van der Waals surface area contributed by atoms with Gasteiger partial charge in [-0.15, -0.1) is 0 Å². The molecule has 0 bridgehead atoms. The second-order valence-corrected chi connectivity index (χ2v) is 7.73. The number of nitrogens with zero attached hydrogens (tertiary/aromatic N) is 1. The van der Waals surface area contributed by atoms with E-state index in [0.717, 1.165) is 46.9 Å². The Morgan fingerprint density at radius 2 is 1.93 bits per heavy atom. The van der Waals surface area contributed by atoms with Gasteiger partial charge in [-0.1, -0.05) is 24.3 Å². The molecule has 0 aromatic heterocycles. The maximum Gasteiger partial charge on any atom is 0.127 e. The lowest BCUT2D eigenvalue weighted by atomic mass is 9.92. The first-order valence-electron chi connectivity index (χ1n) is 9.81. The Labute approximate surface area is 164 Å². The molecule has 1 N–H and O–H groups in total. The first kappa shape index (κ1) is 17.1. The monoisotopic (exact) mass is 374 g/mol. The molecule has 2 aromatic rings. The van der Waals surface area contributed by atoms with Crippen LogP contribution in [0.1, 0.15) is 18.4 Å². The van der Waals surface area contributed by atoms with Crippen LogP contribution >= 0.6 is 0 Å². The SMILES string of the molecule is CN1C=C2NCC=C2C(c2cc(-c3cccc(F)c3)ccc2OCC2CC2)=C1. The molecule has 5 rings (SSSR count). The average molecular weight is 374 g/mol. The van der Waals surface area contributed by atoms with Crippen molar-refractivity contribution in [3.63, 3.8) is 0 Å². The van der Waals surface area contributed by atoms with Crippen molar-refractivity contribution in [3.05, 3.63) is 83.6 Å². The molecule has 2 aliphatic heterocycles. The first-order chi connectivity index (χ1) is 13.7. The second-order valence-electron chi connectivity index (χ2n) is 7.73. The third-order valence-corrected chi connectivity index (χ3v) is 5.44. The number of allylic oxidation sites excluding steroid dienone is 1. The molecule has 2 heterocycles. The Bertz CT molecular complexity index is 1020. The summed E-state index contributed by atoms with van der Waals surface area (Å²) in [6, 6.07) is 12.9. The lowest BCUT2D eigenvalue weighted by Gasteiger charge is -2.24. The summed E-state index contributed by atoms with van der Waals surface area (Å²) in [5.41, 5.74) is 6.37. The Morgan fingerprint density at radius 1 is 1.07 bits per heavy atom. The van der Waals surface area contributed by atoms with E-state index >= 15 is 0 Å². The minimum absolute atomic E-state index is 0.224. The van der Waals surface area contributed by atoms with Gasteiger partial charge in [-0.25, -0.2) is 4.39 Å². The van der Waals surface area contributed by atoms with E-state index in [9.17, 15) is 4.39 Å². The summed E-state index contributed by atoms with van der Waals surface area (Å²) < 4.78 is 20.0. The Balaban J connectivity index is 1.59. The lowest BCUT2D eigenvalue weighted by molar-refractivity contribution is 0.299. The van der Waals surface area contributed by atoms with Gasteiger partial charge in [-0.2, -0.15) is 0 Å². The van der Waals surface area contributed by atoms with Crippen molar-refractivity contribution in [3.8, 4) is 16.9 Å². The highest BCUT2D eigenvalue weighted by Crippen LogP contribution is 2.40. The predicted octanol–water partition coefficient (Wildman–Crippen LogP) is 4.94. The van der Waals surface area contributed by atoms with Crippen molar-refractivity contribution in [2.45, 2.75) is 12.8 Å². The van der Waals surface area contributed by atoms with Crippen LogP contribution in [0.5, 0.6) is 5.75 Å². The summed E-state index contributed by atoms with van der Waals surface area (Å²) in [7, 11) is 2.03. The van der Waals surface area contributed by atoms with Gasteiger partial charge in [0.1, 0.15) is 11.6 Å². The highest BCUT2D eigenvalue weighted by atomic mass is 19.1. The molecule has 0 unspecified atom stereocenters. The van der Waals surface area contributed by atoms with Crippen LogP contribution in [0.2, 0.25) is 0 Å². The van der Waals surface area contributed by atoms with Crippen LogP contribution in [0, 0.1) is 11.7 Å². The van der Waals surface area contributed by atoms with Crippen molar-refractivity contribution in [2.75, 3.05) is 20.2 Å². The average Bonchev–Trinajstić information content (AvgIpc) is 3.41. The van der Waals surface area contributed by atoms with Crippen LogP contribution in [0.3, 0.4) is 0 Å². The molecule has 1 saturated carbocycles. The fraction of sp³-hybridized carbons (Fsp3) is 0.250. The van der Waals surface area contributed by atoms with Gasteiger partial charge in [-0.3, -0.25) is 0 Å². The third-order valence-electron chi connectivity index (χ3n) is 5.44. The van der Waals surface area contributed by atoms with E-state index in [1.807, 2.05) is 25.2 Å². The number of hydrogen-bond donors (Lipinski definition) is 1. The first-order valence-corrected chi connectivity index (χ1v) is 9.81. The second kappa shape index (κ2) is 6.86. The molecule has 142 valence electrons. The molecule has 1 aliphatic carbocycles. The molecular weight excluding hydrogens is 351 g/mol. The van der Waals surface area contributed by atoms with Crippen molar-refractivity contribution >= 4 is 5.57 Å². The van der Waals surface area contributed by atoms with Gasteiger partial charge in [0.25, 0.3) is 0 Å². The summed E-state index contributed by atoms with van der Waals surface area (Å²) in [4.78, 5) is 2.07. The van der Waals surface area contributed by atoms with Crippen LogP contribution in [-0.4, -0.2) is 25.1 Å². The van der Waals surface area contributed by atoms with Crippen LogP contribution in [0.4, 0.5) is 4.39 Å². The molecule has 28 heavy (non-hydrogen) atoms. The van der Waals surface area contributed by atoms with Crippen LogP contribution in [-0.2, 0) is 0 Å². The summed E-state index contributed by atoms with van der Waals surface area (Å²) in [6.45, 7) is 1.59. The maximum absolute atomic E-state index is 13.8. The lowest BCUT2D eigenvalue weighted by Crippen LogP contribution is -2.17. The van der Waals surface area contributed by atoms with E-state index in [4.69, 9.17) is 4.74 Å². The number of nitrogens with one attached hydrogen (secondary N) is 1. The zero-order chi connectivity index (χ0) is 19.1. The molecule has 3 aliphatic rings. The maximum atomic E-state index is 13.8. The zero-order valence-electron chi connectivity index (χ0n) is 15.9. The molecule has 4 heteroatoms. The minimum atomic E-state index is -0.224. The molecule has 2 aromatic carbocycles. The number of rotatable bonds is 5. The number of hydrogen-bond acceptors (Lipinski definition) is 3. The van der Waals surface area contributed by atoms with E-state index < -0.39 is 0 Å². The highest BCUT2D eigenvalue weighted by Gasteiger charge is 2.26. The molecule has 0 radical (unpaired) electrons. The summed E-state index contributed by atoms with van der Waals surface area (Å²) in [5.74, 6) is 1.35. The fourth-order valence-corrected chi connectivity index (χ4v) is 3.77. The summed E-state index contributed by atoms with van der Waals surface area (Å²) in [5, 5.41) is 3.42. The van der Waals surface area contributed by atoms with Crippen molar-refractivity contribution in [2.24, 2.45) is 5.92 Å². The van der Waals surface area contributed by atoms with E-state index in [1.54, 1.807) is 12.1 Å². The van der Waals surface area contributed by atoms with E-state index in [2.05, 4.69) is 34.8 Å². The zero-order valence-corrected chi connectivity index (χ0v) is 15.9. The van der Waals surface area contributed by atoms with E-state index in [0.29, 0.717) is 5.92 Å². The van der Waals surface area contributed by atoms with Gasteiger partial charge < -0.3 is 15.0 Å². The number of halogens is 1. The van der Waals surface area contributed by atoms with Gasteiger partial charge >= 0.3 is 0 Å². The molecule has 1 fully saturated rings. The third kappa shape index (κ3) is 3.31. The van der Waals surface area contributed by atoms with E-state index in [1.165, 1.54) is 24.5 Å². The number of ether oxygens (including phenoxy) is 1. The smallest absolute Gasteiger partial charge is 0.127 e. The number of fused-ring (bicyclic) bond motifs is 1. The normalized spacial score (nSPS) is 18.1. The van der Waals surface area contributed by atoms with Crippen molar-refractivity contribution in [1.29, 1.82) is 0 Å². The van der Waals surface area contributed by atoms with Gasteiger partial charge in [0.15, 0.2) is 0 Å². The topological polar surface area (TPSA) is 24.5 Å². The fourth-order valence-electron chi connectivity index (χ4n) is 3.77. The molecule has 3 nitrogen and oxygen atoms in total. The quantitative estimate of drug-likeness (QED) is 0.802. The summed E-state index contributed by atoms with van der Waals surface area (Å²) in [6.07, 6.45) is 8.96. The van der Waals surface area contributed by atoms with Crippen molar-refractivity contribution < 1.29 is 9.13 Å². The largest absolute Gasteiger partial charge is 0.493 e.